The zero-order valence-electron chi connectivity index (χ0n) is 9.13. The number of hydrogen-bond donors (Lipinski definition) is 0. The fourth-order valence-corrected chi connectivity index (χ4v) is 3.11. The first-order chi connectivity index (χ1) is 7.81. The summed E-state index contributed by atoms with van der Waals surface area (Å²) in [6, 6.07) is 0. The smallest absolute Gasteiger partial charge is 0.237 e. The lowest BCUT2D eigenvalue weighted by Crippen LogP contribution is -2.50. The van der Waals surface area contributed by atoms with E-state index in [9.17, 15) is 9.59 Å². The maximum Gasteiger partial charge on any atom is 0.237 e. The number of amides is 2. The fourth-order valence-electron chi connectivity index (χ4n) is 1.90. The molecule has 2 amide bonds. The zero-order valence-corrected chi connectivity index (χ0v) is 9.95. The highest BCUT2D eigenvalue weighted by Crippen LogP contribution is 2.20. The summed E-state index contributed by atoms with van der Waals surface area (Å²) in [7, 11) is 0. The highest BCUT2D eigenvalue weighted by atomic mass is 32.2. The molecule has 2 aliphatic heterocycles. The largest absolute Gasteiger partial charge is 0.378 e. The van der Waals surface area contributed by atoms with Crippen molar-refractivity contribution in [1.82, 2.24) is 9.80 Å². The van der Waals surface area contributed by atoms with Crippen molar-refractivity contribution in [3.8, 4) is 0 Å². The van der Waals surface area contributed by atoms with Gasteiger partial charge in [-0.05, 0) is 0 Å². The summed E-state index contributed by atoms with van der Waals surface area (Å²) in [5.41, 5.74) is 0. The average Bonchev–Trinajstić information content (AvgIpc) is 2.39. The normalized spacial score (nSPS) is 26.6. The first-order valence-electron chi connectivity index (χ1n) is 5.49. The Hall–Kier alpha value is -0.750. The second-order valence-corrected chi connectivity index (χ2v) is 5.21. The summed E-state index contributed by atoms with van der Waals surface area (Å²) in [6.07, 6.45) is 0.833. The standard InChI is InChI=1S/C10H16N2O3S/c13-8-11-3-6-16-9(7-11)10(14)12-1-4-15-5-2-12/h8-9H,1-7H2. The van der Waals surface area contributed by atoms with Gasteiger partial charge in [0.05, 0.1) is 13.2 Å². The lowest BCUT2D eigenvalue weighted by molar-refractivity contribution is -0.135. The number of hydrogen-bond acceptors (Lipinski definition) is 4. The monoisotopic (exact) mass is 244 g/mol. The van der Waals surface area contributed by atoms with Crippen LogP contribution in [0.5, 0.6) is 0 Å². The van der Waals surface area contributed by atoms with Crippen LogP contribution in [0.2, 0.25) is 0 Å². The number of morpholine rings is 1. The number of ether oxygens (including phenoxy) is 1. The van der Waals surface area contributed by atoms with Gasteiger partial charge in [-0.3, -0.25) is 9.59 Å². The van der Waals surface area contributed by atoms with Crippen LogP contribution in [0.3, 0.4) is 0 Å². The Kier molecular flexibility index (Phi) is 4.06. The van der Waals surface area contributed by atoms with E-state index in [0.717, 1.165) is 18.7 Å². The van der Waals surface area contributed by atoms with E-state index in [1.165, 1.54) is 0 Å². The van der Waals surface area contributed by atoms with Crippen LogP contribution in [-0.4, -0.2) is 72.5 Å². The van der Waals surface area contributed by atoms with E-state index in [4.69, 9.17) is 4.74 Å². The minimum absolute atomic E-state index is 0.0861. The molecule has 0 saturated carbocycles. The van der Waals surface area contributed by atoms with Gasteiger partial charge in [-0.2, -0.15) is 0 Å². The third kappa shape index (κ3) is 2.68. The van der Waals surface area contributed by atoms with Gasteiger partial charge in [0.15, 0.2) is 0 Å². The van der Waals surface area contributed by atoms with Crippen molar-refractivity contribution in [2.24, 2.45) is 0 Å². The van der Waals surface area contributed by atoms with Crippen LogP contribution in [0.25, 0.3) is 0 Å². The molecule has 0 aliphatic carbocycles. The predicted molar refractivity (Wildman–Crippen MR) is 61.3 cm³/mol. The third-order valence-corrected chi connectivity index (χ3v) is 4.02. The van der Waals surface area contributed by atoms with Gasteiger partial charge in [-0.15, -0.1) is 11.8 Å². The number of carbonyl (C=O) groups excluding carboxylic acids is 2. The molecule has 0 radical (unpaired) electrons. The Morgan fingerprint density at radius 2 is 2.06 bits per heavy atom. The Morgan fingerprint density at radius 3 is 2.75 bits per heavy atom. The van der Waals surface area contributed by atoms with Crippen molar-refractivity contribution in [3.05, 3.63) is 0 Å². The first kappa shape index (κ1) is 11.7. The maximum atomic E-state index is 12.1. The van der Waals surface area contributed by atoms with E-state index >= 15 is 0 Å². The van der Waals surface area contributed by atoms with Crippen molar-refractivity contribution in [1.29, 1.82) is 0 Å². The summed E-state index contributed by atoms with van der Waals surface area (Å²) in [4.78, 5) is 26.3. The van der Waals surface area contributed by atoms with Gasteiger partial charge in [0.25, 0.3) is 0 Å². The summed E-state index contributed by atoms with van der Waals surface area (Å²) in [6.45, 7) is 3.90. The molecule has 1 unspecified atom stereocenters. The van der Waals surface area contributed by atoms with E-state index < -0.39 is 0 Å². The second-order valence-electron chi connectivity index (χ2n) is 3.90. The van der Waals surface area contributed by atoms with Crippen molar-refractivity contribution < 1.29 is 14.3 Å². The lowest BCUT2D eigenvalue weighted by Gasteiger charge is -2.34. The first-order valence-corrected chi connectivity index (χ1v) is 6.53. The van der Waals surface area contributed by atoms with Crippen LogP contribution in [0.15, 0.2) is 0 Å². The summed E-state index contributed by atoms with van der Waals surface area (Å²) < 4.78 is 5.21. The molecule has 0 bridgehead atoms. The second kappa shape index (κ2) is 5.54. The molecule has 2 heterocycles. The van der Waals surface area contributed by atoms with Crippen molar-refractivity contribution >= 4 is 24.1 Å². The molecule has 90 valence electrons. The number of rotatable bonds is 2. The van der Waals surface area contributed by atoms with Crippen molar-refractivity contribution in [3.63, 3.8) is 0 Å². The topological polar surface area (TPSA) is 49.9 Å². The Bertz CT molecular complexity index is 269. The SMILES string of the molecule is O=CN1CCSC(C(=O)N2CCOCC2)C1. The van der Waals surface area contributed by atoms with E-state index in [-0.39, 0.29) is 11.2 Å². The molecule has 2 aliphatic rings. The quantitative estimate of drug-likeness (QED) is 0.610. The summed E-state index contributed by atoms with van der Waals surface area (Å²) in [5.74, 6) is 0.999. The van der Waals surface area contributed by atoms with Crippen LogP contribution < -0.4 is 0 Å². The van der Waals surface area contributed by atoms with Gasteiger partial charge in [0.1, 0.15) is 5.25 Å². The minimum Gasteiger partial charge on any atom is -0.378 e. The van der Waals surface area contributed by atoms with Crippen molar-refractivity contribution in [2.75, 3.05) is 45.1 Å². The molecule has 2 fully saturated rings. The summed E-state index contributed by atoms with van der Waals surface area (Å²) >= 11 is 1.65. The van der Waals surface area contributed by atoms with E-state index in [1.54, 1.807) is 16.7 Å². The molecule has 2 rings (SSSR count). The van der Waals surface area contributed by atoms with E-state index in [0.29, 0.717) is 32.8 Å². The molecule has 0 aromatic carbocycles. The Balaban J connectivity index is 1.90. The Labute approximate surface area is 99.1 Å². The summed E-state index contributed by atoms with van der Waals surface area (Å²) in [5, 5.41) is -0.0861. The average molecular weight is 244 g/mol. The molecule has 0 aromatic heterocycles. The number of thioether (sulfide) groups is 1. The van der Waals surface area contributed by atoms with Gasteiger partial charge in [0, 0.05) is 31.9 Å². The molecular weight excluding hydrogens is 228 g/mol. The van der Waals surface area contributed by atoms with Crippen LogP contribution in [0, 0.1) is 0 Å². The molecule has 0 spiro atoms. The number of nitrogens with zero attached hydrogens (tertiary/aromatic N) is 2. The molecule has 2 saturated heterocycles. The predicted octanol–water partition coefficient (Wildman–Crippen LogP) is -0.581. The van der Waals surface area contributed by atoms with Crippen molar-refractivity contribution in [2.45, 2.75) is 5.25 Å². The molecular formula is C10H16N2O3S. The van der Waals surface area contributed by atoms with Crippen LogP contribution >= 0.6 is 11.8 Å². The highest BCUT2D eigenvalue weighted by molar-refractivity contribution is 8.00. The van der Waals surface area contributed by atoms with E-state index in [2.05, 4.69) is 0 Å². The van der Waals surface area contributed by atoms with Gasteiger partial charge in [-0.25, -0.2) is 0 Å². The molecule has 6 heteroatoms. The van der Waals surface area contributed by atoms with Gasteiger partial charge in [0.2, 0.25) is 12.3 Å². The molecule has 0 aromatic rings. The molecule has 1 atom stereocenters. The fraction of sp³-hybridized carbons (Fsp3) is 0.800. The zero-order chi connectivity index (χ0) is 11.4. The van der Waals surface area contributed by atoms with Crippen LogP contribution in [0.1, 0.15) is 0 Å². The molecule has 0 N–H and O–H groups in total. The number of carbonyl (C=O) groups is 2. The lowest BCUT2D eigenvalue weighted by atomic mass is 10.3. The van der Waals surface area contributed by atoms with Gasteiger partial charge in [-0.1, -0.05) is 0 Å². The third-order valence-electron chi connectivity index (χ3n) is 2.85. The van der Waals surface area contributed by atoms with Gasteiger partial charge < -0.3 is 14.5 Å². The minimum atomic E-state index is -0.0861. The van der Waals surface area contributed by atoms with Gasteiger partial charge >= 0.3 is 0 Å². The van der Waals surface area contributed by atoms with Crippen LogP contribution in [-0.2, 0) is 14.3 Å². The van der Waals surface area contributed by atoms with E-state index in [1.807, 2.05) is 4.90 Å². The maximum absolute atomic E-state index is 12.1. The Morgan fingerprint density at radius 1 is 1.31 bits per heavy atom. The van der Waals surface area contributed by atoms with Crippen LogP contribution in [0.4, 0.5) is 0 Å². The molecule has 16 heavy (non-hydrogen) atoms. The highest BCUT2D eigenvalue weighted by Gasteiger charge is 2.30. The molecule has 5 nitrogen and oxygen atoms in total.